The van der Waals surface area contributed by atoms with E-state index in [1.54, 1.807) is 12.1 Å². The highest BCUT2D eigenvalue weighted by atomic mass is 32.2. The number of sulfonamides is 1. The normalized spacial score (nSPS) is 12.9. The van der Waals surface area contributed by atoms with E-state index in [4.69, 9.17) is 4.98 Å². The van der Waals surface area contributed by atoms with Crippen molar-refractivity contribution in [1.82, 2.24) is 19.2 Å². The largest absolute Gasteiger partial charge is 0.350 e. The van der Waals surface area contributed by atoms with Gasteiger partial charge in [-0.15, -0.1) is 0 Å². The molecule has 178 valence electrons. The van der Waals surface area contributed by atoms with Gasteiger partial charge in [-0.05, 0) is 50.1 Å². The van der Waals surface area contributed by atoms with Crippen LogP contribution in [0.3, 0.4) is 0 Å². The number of fused-ring (bicyclic) bond motifs is 1. The molecule has 1 amide bonds. The minimum Gasteiger partial charge on any atom is -0.350 e. The lowest BCUT2D eigenvalue weighted by molar-refractivity contribution is -0.121. The zero-order valence-corrected chi connectivity index (χ0v) is 20.9. The fourth-order valence-electron chi connectivity index (χ4n) is 4.27. The molecule has 0 aliphatic heterocycles. The molecule has 3 rings (SSSR count). The lowest BCUT2D eigenvalue weighted by Gasteiger charge is -2.18. The molecule has 0 fully saturated rings. The van der Waals surface area contributed by atoms with Gasteiger partial charge in [0.2, 0.25) is 15.9 Å². The highest BCUT2D eigenvalue weighted by Crippen LogP contribution is 2.24. The molecule has 3 aromatic rings. The third-order valence-electron chi connectivity index (χ3n) is 6.07. The van der Waals surface area contributed by atoms with Gasteiger partial charge >= 0.3 is 0 Å². The number of aryl methyl sites for hydroxylation is 3. The summed E-state index contributed by atoms with van der Waals surface area (Å²) in [5, 5.41) is 3.07. The van der Waals surface area contributed by atoms with E-state index in [-0.39, 0.29) is 16.8 Å². The predicted octanol–water partition coefficient (Wildman–Crippen LogP) is 4.21. The van der Waals surface area contributed by atoms with E-state index in [1.807, 2.05) is 69.5 Å². The first-order valence-corrected chi connectivity index (χ1v) is 13.0. The average molecular weight is 471 g/mol. The first-order valence-electron chi connectivity index (χ1n) is 11.6. The number of amides is 1. The molecule has 33 heavy (non-hydrogen) atoms. The summed E-state index contributed by atoms with van der Waals surface area (Å²) in [5.41, 5.74) is 3.76. The van der Waals surface area contributed by atoms with E-state index in [9.17, 15) is 13.2 Å². The second kappa shape index (κ2) is 10.5. The van der Waals surface area contributed by atoms with Crippen LogP contribution in [0.1, 0.15) is 57.1 Å². The van der Waals surface area contributed by atoms with E-state index >= 15 is 0 Å². The molecule has 0 aliphatic rings. The highest BCUT2D eigenvalue weighted by Gasteiger charge is 2.23. The molecule has 0 radical (unpaired) electrons. The van der Waals surface area contributed by atoms with Crippen LogP contribution in [-0.4, -0.2) is 41.3 Å². The molecule has 2 aromatic carbocycles. The van der Waals surface area contributed by atoms with Crippen molar-refractivity contribution in [3.8, 4) is 0 Å². The van der Waals surface area contributed by atoms with Gasteiger partial charge in [0.1, 0.15) is 5.82 Å². The van der Waals surface area contributed by atoms with Gasteiger partial charge in [0.25, 0.3) is 0 Å². The van der Waals surface area contributed by atoms with Gasteiger partial charge in [-0.2, -0.15) is 4.31 Å². The minimum atomic E-state index is -3.55. The van der Waals surface area contributed by atoms with Crippen molar-refractivity contribution in [2.45, 2.75) is 64.9 Å². The van der Waals surface area contributed by atoms with Crippen molar-refractivity contribution in [1.29, 1.82) is 0 Å². The maximum atomic E-state index is 12.9. The summed E-state index contributed by atoms with van der Waals surface area (Å²) in [5.74, 6) is 0.744. The van der Waals surface area contributed by atoms with Crippen LogP contribution in [0.5, 0.6) is 0 Å². The number of imidazole rings is 1. The van der Waals surface area contributed by atoms with E-state index in [2.05, 4.69) is 5.32 Å². The average Bonchev–Trinajstić information content (AvgIpc) is 3.15. The second-order valence-corrected chi connectivity index (χ2v) is 10.1. The van der Waals surface area contributed by atoms with Crippen molar-refractivity contribution in [3.05, 3.63) is 59.4 Å². The number of benzene rings is 2. The summed E-state index contributed by atoms with van der Waals surface area (Å²) in [7, 11) is -3.55. The Morgan fingerprint density at radius 3 is 2.45 bits per heavy atom. The van der Waals surface area contributed by atoms with Gasteiger partial charge in [-0.3, -0.25) is 4.79 Å². The van der Waals surface area contributed by atoms with Crippen molar-refractivity contribution in [2.24, 2.45) is 0 Å². The molecule has 1 unspecified atom stereocenters. The molecule has 0 spiro atoms. The van der Waals surface area contributed by atoms with Crippen LogP contribution in [0.2, 0.25) is 0 Å². The van der Waals surface area contributed by atoms with Crippen LogP contribution in [0.4, 0.5) is 0 Å². The molecule has 1 N–H and O–H groups in total. The first-order chi connectivity index (χ1) is 15.7. The van der Waals surface area contributed by atoms with Crippen LogP contribution < -0.4 is 5.32 Å². The number of rotatable bonds is 10. The van der Waals surface area contributed by atoms with E-state index in [0.29, 0.717) is 38.0 Å². The number of carbonyl (C=O) groups excluding carboxylic acids is 1. The topological polar surface area (TPSA) is 84.3 Å². The first kappa shape index (κ1) is 24.9. The summed E-state index contributed by atoms with van der Waals surface area (Å²) in [6.45, 7) is 11.2. The van der Waals surface area contributed by atoms with Gasteiger partial charge in [0, 0.05) is 32.5 Å². The zero-order valence-electron chi connectivity index (χ0n) is 20.1. The van der Waals surface area contributed by atoms with Gasteiger partial charge in [-0.25, -0.2) is 13.4 Å². The lowest BCUT2D eigenvalue weighted by Crippen LogP contribution is -2.30. The zero-order chi connectivity index (χ0) is 24.2. The minimum absolute atomic E-state index is 0.0368. The van der Waals surface area contributed by atoms with Gasteiger partial charge < -0.3 is 9.88 Å². The summed E-state index contributed by atoms with van der Waals surface area (Å²) >= 11 is 0. The van der Waals surface area contributed by atoms with Crippen LogP contribution >= 0.6 is 0 Å². The smallest absolute Gasteiger partial charge is 0.243 e. The molecular weight excluding hydrogens is 436 g/mol. The summed E-state index contributed by atoms with van der Waals surface area (Å²) in [6.07, 6.45) is 0.789. The van der Waals surface area contributed by atoms with E-state index in [0.717, 1.165) is 22.5 Å². The third-order valence-corrected chi connectivity index (χ3v) is 8.11. The molecule has 0 bridgehead atoms. The summed E-state index contributed by atoms with van der Waals surface area (Å²) in [6, 6.07) is 13.0. The third kappa shape index (κ3) is 5.28. The van der Waals surface area contributed by atoms with Crippen molar-refractivity contribution < 1.29 is 13.2 Å². The molecule has 1 aromatic heterocycles. The Kier molecular flexibility index (Phi) is 7.92. The predicted molar refractivity (Wildman–Crippen MR) is 132 cm³/mol. The van der Waals surface area contributed by atoms with Crippen LogP contribution in [0.15, 0.2) is 47.4 Å². The van der Waals surface area contributed by atoms with Gasteiger partial charge in [0.15, 0.2) is 0 Å². The Balaban J connectivity index is 1.78. The Labute approximate surface area is 196 Å². The lowest BCUT2D eigenvalue weighted by atomic mass is 10.0. The van der Waals surface area contributed by atoms with Crippen LogP contribution in [-0.2, 0) is 27.8 Å². The molecule has 7 nitrogen and oxygen atoms in total. The summed E-state index contributed by atoms with van der Waals surface area (Å²) < 4.78 is 29.3. The van der Waals surface area contributed by atoms with Crippen molar-refractivity contribution >= 4 is 27.0 Å². The number of nitrogens with zero attached hydrogens (tertiary/aromatic N) is 3. The number of aromatic nitrogens is 2. The monoisotopic (exact) mass is 470 g/mol. The fraction of sp³-hybridized carbons (Fsp3) is 0.440. The van der Waals surface area contributed by atoms with E-state index in [1.165, 1.54) is 4.31 Å². The Bertz CT molecular complexity index is 1230. The highest BCUT2D eigenvalue weighted by molar-refractivity contribution is 7.89. The molecule has 1 heterocycles. The standard InChI is InChI=1S/C25H34N4O3S/c1-6-28(7-2)33(31,32)20-13-14-23-22(17-20)27-24(29(23)8-3)15-16-25(30)26-19(5)21-12-10-9-11-18(21)4/h9-14,17,19H,6-8,15-16H2,1-5H3,(H,26,30). The summed E-state index contributed by atoms with van der Waals surface area (Å²) in [4.78, 5) is 17.6. The van der Waals surface area contributed by atoms with Gasteiger partial charge in [0.05, 0.1) is 22.0 Å². The number of hydrogen-bond donors (Lipinski definition) is 1. The van der Waals surface area contributed by atoms with Crippen molar-refractivity contribution in [2.75, 3.05) is 13.1 Å². The Morgan fingerprint density at radius 2 is 1.82 bits per heavy atom. The fourth-order valence-corrected chi connectivity index (χ4v) is 5.74. The molecule has 0 aliphatic carbocycles. The molecule has 8 heteroatoms. The van der Waals surface area contributed by atoms with E-state index < -0.39 is 10.0 Å². The maximum absolute atomic E-state index is 12.9. The molecule has 0 saturated heterocycles. The second-order valence-electron chi connectivity index (χ2n) is 8.16. The maximum Gasteiger partial charge on any atom is 0.243 e. The number of carbonyl (C=O) groups is 1. The van der Waals surface area contributed by atoms with Gasteiger partial charge in [-0.1, -0.05) is 38.1 Å². The van der Waals surface area contributed by atoms with Crippen molar-refractivity contribution in [3.63, 3.8) is 0 Å². The molecular formula is C25H34N4O3S. The number of hydrogen-bond acceptors (Lipinski definition) is 4. The number of nitrogens with one attached hydrogen (secondary N) is 1. The molecule has 0 saturated carbocycles. The van der Waals surface area contributed by atoms with Crippen LogP contribution in [0.25, 0.3) is 11.0 Å². The Hall–Kier alpha value is -2.71. The quantitative estimate of drug-likeness (QED) is 0.481. The SMILES string of the molecule is CCN(CC)S(=O)(=O)c1ccc2c(c1)nc(CCC(=O)NC(C)c1ccccc1C)n2CC. The van der Waals surface area contributed by atoms with Crippen LogP contribution in [0, 0.1) is 6.92 Å². The molecule has 1 atom stereocenters. The Morgan fingerprint density at radius 1 is 1.12 bits per heavy atom.